The second kappa shape index (κ2) is 25.6. The van der Waals surface area contributed by atoms with Gasteiger partial charge in [-0.15, -0.1) is 0 Å². The van der Waals surface area contributed by atoms with Crippen molar-refractivity contribution in [1.82, 2.24) is 26.3 Å². The molecule has 0 spiro atoms. The molecule has 4 aliphatic rings. The van der Waals surface area contributed by atoms with Gasteiger partial charge in [0.15, 0.2) is 18.1 Å². The summed E-state index contributed by atoms with van der Waals surface area (Å²) in [5, 5.41) is 19.3. The largest absolute Gasteiger partial charge is 0.495 e. The average Bonchev–Trinajstić information content (AvgIpc) is 4.23. The fourth-order valence-corrected chi connectivity index (χ4v) is 10.3. The minimum absolute atomic E-state index is 0.0331. The highest BCUT2D eigenvalue weighted by atomic mass is 35.5. The van der Waals surface area contributed by atoms with Gasteiger partial charge in [-0.25, -0.2) is 14.4 Å². The van der Waals surface area contributed by atoms with Crippen LogP contribution < -0.4 is 31.1 Å². The van der Waals surface area contributed by atoms with Gasteiger partial charge in [0.2, 0.25) is 23.6 Å². The number of Topliss-reactive ketones (excluding diaryl/α,β-unsaturated/α-hetero) is 1. The second-order valence-electron chi connectivity index (χ2n) is 20.2. The van der Waals surface area contributed by atoms with E-state index in [1.54, 1.807) is 38.1 Å². The van der Waals surface area contributed by atoms with Crippen LogP contribution in [0.3, 0.4) is 0 Å². The third kappa shape index (κ3) is 14.1. The second-order valence-corrected chi connectivity index (χ2v) is 20.6. The van der Waals surface area contributed by atoms with Gasteiger partial charge in [0.1, 0.15) is 47.3 Å². The minimum atomic E-state index is -1.91. The van der Waals surface area contributed by atoms with E-state index in [0.717, 1.165) is 38.3 Å². The zero-order valence-corrected chi connectivity index (χ0v) is 46.0. The third-order valence-electron chi connectivity index (χ3n) is 14.8. The summed E-state index contributed by atoms with van der Waals surface area (Å²) in [5.74, 6) is -4.55. The molecule has 22 nitrogen and oxygen atoms in total. The molecular formula is C56H67ClN6O16. The van der Waals surface area contributed by atoms with E-state index in [1.165, 1.54) is 40.1 Å². The summed E-state index contributed by atoms with van der Waals surface area (Å²) >= 11 is 6.80. The molecule has 8 atom stereocenters. The lowest BCUT2D eigenvalue weighted by Gasteiger charge is -2.42. The van der Waals surface area contributed by atoms with Crippen molar-refractivity contribution in [1.29, 1.82) is 0 Å². The Kier molecular flexibility index (Phi) is 19.2. The summed E-state index contributed by atoms with van der Waals surface area (Å²) in [7, 11) is 5.68. The van der Waals surface area contributed by atoms with Crippen LogP contribution in [0.15, 0.2) is 84.5 Å². The number of anilines is 1. The number of ketones is 1. The molecule has 3 heterocycles. The molecule has 424 valence electrons. The molecule has 23 heteroatoms. The van der Waals surface area contributed by atoms with Gasteiger partial charge in [-0.2, -0.15) is 5.48 Å². The van der Waals surface area contributed by atoms with Crippen molar-refractivity contribution in [3.8, 4) is 16.9 Å². The molecule has 2 fully saturated rings. The Bertz CT molecular complexity index is 2850. The number of aliphatic hydroxyl groups is 1. The number of amides is 6. The van der Waals surface area contributed by atoms with Crippen LogP contribution in [-0.2, 0) is 63.7 Å². The zero-order chi connectivity index (χ0) is 57.3. The van der Waals surface area contributed by atoms with E-state index in [9.17, 15) is 43.5 Å². The predicted octanol–water partition coefficient (Wildman–Crippen LogP) is 4.57. The highest BCUT2D eigenvalue weighted by molar-refractivity contribution is 6.35. The Labute approximate surface area is 462 Å². The number of nitrogens with zero attached hydrogens (tertiary/aromatic N) is 2. The molecule has 7 rings (SSSR count). The van der Waals surface area contributed by atoms with Gasteiger partial charge in [0.05, 0.1) is 38.4 Å². The summed E-state index contributed by atoms with van der Waals surface area (Å²) in [6.07, 6.45) is -1.47. The first kappa shape index (κ1) is 59.3. The van der Waals surface area contributed by atoms with Crippen LogP contribution in [0.4, 0.5) is 15.3 Å². The standard InChI is InChI=1S/C56H67ClN6O16/c1-31-14-13-19-44(74-8)56(72)26-43(77-53(70)60-56)32(2)51-55(4,79-51)45(25-48(67)63(6)41-23-34(22-31)24-42(73-7)50(41)57)78-52(69)33(3)62(5)49(68)28-59-46(65)21-20-35(64)27-58-47(66)30-76-61-54(71)75-29-40-38-17-11-9-15-36(38)37-16-10-12-18-39(37)40/h9-19,23-24,32-33,40,43-45,51,72H,20-22,25-30H2,1-8H3,(H,58,66)(H,59,65)(H,60,70)(H,61,71)/b19-13+,31-14+. The number of benzene rings is 3. The van der Waals surface area contributed by atoms with Crippen LogP contribution in [0.2, 0.25) is 5.02 Å². The molecule has 5 N–H and O–H groups in total. The number of allylic oxidation sites excluding steroid dienone is 3. The van der Waals surface area contributed by atoms with Crippen molar-refractivity contribution in [3.63, 3.8) is 0 Å². The number of carbonyl (C=O) groups excluding carboxylic acids is 8. The first-order chi connectivity index (χ1) is 37.6. The van der Waals surface area contributed by atoms with Crippen molar-refractivity contribution in [3.05, 3.63) is 106 Å². The normalized spacial score (nSPS) is 25.0. The van der Waals surface area contributed by atoms with Crippen molar-refractivity contribution in [2.24, 2.45) is 5.92 Å². The SMILES string of the molecule is COc1cc2cc(c1Cl)N(C)C(=O)CC(OC(=O)C(C)N(C)C(=O)CNC(=O)CCC(=O)CNC(=O)CONC(=O)OCC1c3ccccc3-c3ccccc31)C1(C)OC1C(C)C1CC(O)(NC(=O)O1)C(OC)/C=C/C=C(\C)C2. The number of hydrogen-bond donors (Lipinski definition) is 5. The summed E-state index contributed by atoms with van der Waals surface area (Å²) in [4.78, 5) is 112. The lowest BCUT2D eigenvalue weighted by Crippen LogP contribution is -2.63. The number of hydroxylamine groups is 1. The summed E-state index contributed by atoms with van der Waals surface area (Å²) in [6.45, 7) is 5.07. The van der Waals surface area contributed by atoms with Crippen molar-refractivity contribution in [2.45, 2.75) is 108 Å². The van der Waals surface area contributed by atoms with E-state index < -0.39 is 121 Å². The molecule has 0 radical (unpaired) electrons. The first-order valence-electron chi connectivity index (χ1n) is 25.7. The maximum absolute atomic E-state index is 14.3. The van der Waals surface area contributed by atoms with Crippen LogP contribution in [0.25, 0.3) is 11.1 Å². The molecule has 2 saturated heterocycles. The van der Waals surface area contributed by atoms with Gasteiger partial charge in [-0.05, 0) is 67.1 Å². The predicted molar refractivity (Wildman–Crippen MR) is 285 cm³/mol. The number of alkyl carbamates (subject to hydrolysis) is 1. The highest BCUT2D eigenvalue weighted by Crippen LogP contribution is 2.49. The number of nitrogens with one attached hydrogen (secondary N) is 4. The monoisotopic (exact) mass is 1110 g/mol. The molecule has 79 heavy (non-hydrogen) atoms. The Hall–Kier alpha value is -7.37. The molecule has 0 aromatic heterocycles. The fourth-order valence-electron chi connectivity index (χ4n) is 9.98. The van der Waals surface area contributed by atoms with Crippen LogP contribution in [-0.4, -0.2) is 154 Å². The quantitative estimate of drug-likeness (QED) is 0.0536. The van der Waals surface area contributed by atoms with Crippen LogP contribution in [0.1, 0.15) is 76.0 Å². The summed E-state index contributed by atoms with van der Waals surface area (Å²) in [5.41, 5.74) is 4.90. The van der Waals surface area contributed by atoms with Crippen molar-refractivity contribution in [2.75, 3.05) is 59.5 Å². The molecule has 3 aromatic rings. The molecule has 6 amide bonds. The maximum Gasteiger partial charge on any atom is 0.431 e. The number of esters is 1. The Morgan fingerprint density at radius 2 is 1.65 bits per heavy atom. The summed E-state index contributed by atoms with van der Waals surface area (Å²) in [6, 6.07) is 17.9. The number of ether oxygens (including phenoxy) is 6. The molecule has 4 bridgehead atoms. The first-order valence-corrected chi connectivity index (χ1v) is 26.1. The number of rotatable bonds is 17. The molecule has 3 aliphatic heterocycles. The van der Waals surface area contributed by atoms with E-state index in [-0.39, 0.29) is 36.8 Å². The molecular weight excluding hydrogens is 1050 g/mol. The number of methoxy groups -OCH3 is 2. The Morgan fingerprint density at radius 3 is 2.32 bits per heavy atom. The van der Waals surface area contributed by atoms with Gasteiger partial charge in [0, 0.05) is 52.3 Å². The van der Waals surface area contributed by atoms with Crippen molar-refractivity contribution < 1.29 is 76.7 Å². The smallest absolute Gasteiger partial charge is 0.431 e. The van der Waals surface area contributed by atoms with Gasteiger partial charge >= 0.3 is 18.2 Å². The van der Waals surface area contributed by atoms with E-state index in [0.29, 0.717) is 17.9 Å². The van der Waals surface area contributed by atoms with Gasteiger partial charge in [0.25, 0.3) is 0 Å². The van der Waals surface area contributed by atoms with Gasteiger partial charge in [-0.1, -0.05) is 90.9 Å². The lowest BCUT2D eigenvalue weighted by molar-refractivity contribution is -0.161. The van der Waals surface area contributed by atoms with Crippen LogP contribution in [0, 0.1) is 5.92 Å². The fraction of sp³-hybridized carbons (Fsp3) is 0.464. The number of halogens is 1. The lowest BCUT2D eigenvalue weighted by atomic mass is 9.83. The topological polar surface area (TPSA) is 279 Å². The summed E-state index contributed by atoms with van der Waals surface area (Å²) < 4.78 is 34.6. The molecule has 8 unspecified atom stereocenters. The number of likely N-dealkylation sites (N-methyl/N-ethyl adjacent to an activating group) is 1. The third-order valence-corrected chi connectivity index (χ3v) is 15.2. The van der Waals surface area contributed by atoms with Crippen LogP contribution >= 0.6 is 11.6 Å². The molecule has 0 saturated carbocycles. The molecule has 3 aromatic carbocycles. The van der Waals surface area contributed by atoms with E-state index >= 15 is 0 Å². The number of hydrogen-bond acceptors (Lipinski definition) is 16. The average molecular weight is 1120 g/mol. The number of epoxide rings is 1. The molecule has 1 aliphatic carbocycles. The van der Waals surface area contributed by atoms with Crippen molar-refractivity contribution >= 4 is 64.9 Å². The Morgan fingerprint density at radius 1 is 0.975 bits per heavy atom. The Balaban J connectivity index is 0.901. The van der Waals surface area contributed by atoms with Gasteiger partial charge in [-0.3, -0.25) is 34.1 Å². The number of carbonyl (C=O) groups is 8. The van der Waals surface area contributed by atoms with E-state index in [2.05, 4.69) is 21.4 Å². The maximum atomic E-state index is 14.3. The van der Waals surface area contributed by atoms with E-state index in [1.807, 2.05) is 61.5 Å². The number of fused-ring (bicyclic) bond motifs is 8. The van der Waals surface area contributed by atoms with E-state index in [4.69, 9.17) is 44.9 Å². The highest BCUT2D eigenvalue weighted by Gasteiger charge is 2.64. The van der Waals surface area contributed by atoms with Crippen LogP contribution in [0.5, 0.6) is 5.75 Å². The van der Waals surface area contributed by atoms with Gasteiger partial charge < -0.3 is 54.0 Å². The minimum Gasteiger partial charge on any atom is -0.495 e. The zero-order valence-electron chi connectivity index (χ0n) is 45.3.